The lowest BCUT2D eigenvalue weighted by Gasteiger charge is -2.17. The van der Waals surface area contributed by atoms with Crippen molar-refractivity contribution < 1.29 is 8.42 Å². The predicted molar refractivity (Wildman–Crippen MR) is 71.6 cm³/mol. The van der Waals surface area contributed by atoms with Crippen molar-refractivity contribution in [3.63, 3.8) is 0 Å². The quantitative estimate of drug-likeness (QED) is 0.850. The second kappa shape index (κ2) is 4.80. The molecule has 0 fully saturated rings. The van der Waals surface area contributed by atoms with Crippen molar-refractivity contribution >= 4 is 31.6 Å². The Kier molecular flexibility index (Phi) is 3.56. The highest BCUT2D eigenvalue weighted by Gasteiger charge is 2.28. The van der Waals surface area contributed by atoms with Crippen molar-refractivity contribution in [1.29, 1.82) is 0 Å². The van der Waals surface area contributed by atoms with Crippen LogP contribution in [0.15, 0.2) is 40.2 Å². The van der Waals surface area contributed by atoms with Gasteiger partial charge in [-0.05, 0) is 18.2 Å². The summed E-state index contributed by atoms with van der Waals surface area (Å²) >= 11 is 3.30. The van der Waals surface area contributed by atoms with Crippen LogP contribution in [0.25, 0.3) is 0 Å². The summed E-state index contributed by atoms with van der Waals surface area (Å²) < 4.78 is 26.9. The fraction of sp³-hybridized carbons (Fsp3) is 0.273. The number of hydrogen-bond donors (Lipinski definition) is 1. The molecule has 0 aliphatic carbocycles. The van der Waals surface area contributed by atoms with Gasteiger partial charge in [0.25, 0.3) is 0 Å². The Labute approximate surface area is 109 Å². The number of rotatable bonds is 2. The molecule has 0 saturated carbocycles. The third kappa shape index (κ3) is 2.38. The zero-order valence-electron chi connectivity index (χ0n) is 9.19. The van der Waals surface area contributed by atoms with Gasteiger partial charge in [0.2, 0.25) is 10.0 Å². The Morgan fingerprint density at radius 3 is 3.00 bits per heavy atom. The first-order valence-electron chi connectivity index (χ1n) is 5.20. The fourth-order valence-corrected chi connectivity index (χ4v) is 3.88. The van der Waals surface area contributed by atoms with Gasteiger partial charge in [-0.1, -0.05) is 22.0 Å². The van der Waals surface area contributed by atoms with E-state index in [2.05, 4.69) is 27.8 Å². The molecular weight excluding hydrogens is 304 g/mol. The average Bonchev–Trinajstić information content (AvgIpc) is 2.39. The van der Waals surface area contributed by atoms with E-state index in [0.29, 0.717) is 30.2 Å². The number of hydrogen-bond acceptors (Lipinski definition) is 3. The molecule has 1 aliphatic heterocycles. The Hall–Kier alpha value is -0.850. The van der Waals surface area contributed by atoms with Crippen molar-refractivity contribution in [3.8, 4) is 0 Å². The van der Waals surface area contributed by atoms with Crippen molar-refractivity contribution in [2.45, 2.75) is 4.90 Å². The van der Waals surface area contributed by atoms with Gasteiger partial charge in [0.05, 0.1) is 5.69 Å². The van der Waals surface area contributed by atoms with Gasteiger partial charge in [0.15, 0.2) is 0 Å². The van der Waals surface area contributed by atoms with Crippen LogP contribution in [0.1, 0.15) is 0 Å². The number of nitrogens with one attached hydrogen (secondary N) is 1. The SMILES string of the molecule is C=CCN1CCNc2ccc(Br)cc2S1(=O)=O. The highest BCUT2D eigenvalue weighted by molar-refractivity contribution is 9.10. The molecule has 0 radical (unpaired) electrons. The van der Waals surface area contributed by atoms with E-state index in [0.717, 1.165) is 4.47 Å². The molecule has 1 aliphatic rings. The summed E-state index contributed by atoms with van der Waals surface area (Å²) in [5, 5.41) is 3.12. The van der Waals surface area contributed by atoms with Gasteiger partial charge in [0.1, 0.15) is 4.90 Å². The number of benzene rings is 1. The van der Waals surface area contributed by atoms with Crippen LogP contribution in [0.4, 0.5) is 5.69 Å². The summed E-state index contributed by atoms with van der Waals surface area (Å²) in [6, 6.07) is 5.22. The topological polar surface area (TPSA) is 49.4 Å². The lowest BCUT2D eigenvalue weighted by molar-refractivity contribution is 0.458. The molecule has 6 heteroatoms. The van der Waals surface area contributed by atoms with Crippen LogP contribution in [-0.4, -0.2) is 32.4 Å². The molecule has 0 bridgehead atoms. The van der Waals surface area contributed by atoms with E-state index in [4.69, 9.17) is 0 Å². The van der Waals surface area contributed by atoms with Crippen LogP contribution in [0.5, 0.6) is 0 Å². The third-order valence-corrected chi connectivity index (χ3v) is 4.97. The molecule has 0 amide bonds. The summed E-state index contributed by atoms with van der Waals surface area (Å²) in [5.41, 5.74) is 0.653. The number of nitrogens with zero attached hydrogens (tertiary/aromatic N) is 1. The van der Waals surface area contributed by atoms with E-state index in [1.807, 2.05) is 6.07 Å². The highest BCUT2D eigenvalue weighted by atomic mass is 79.9. The average molecular weight is 317 g/mol. The predicted octanol–water partition coefficient (Wildman–Crippen LogP) is 2.05. The van der Waals surface area contributed by atoms with Crippen LogP contribution in [-0.2, 0) is 10.0 Å². The van der Waals surface area contributed by atoms with Gasteiger partial charge in [-0.25, -0.2) is 8.42 Å². The fourth-order valence-electron chi connectivity index (χ4n) is 1.76. The maximum Gasteiger partial charge on any atom is 0.245 e. The molecule has 1 aromatic rings. The van der Waals surface area contributed by atoms with Crippen molar-refractivity contribution in [1.82, 2.24) is 4.31 Å². The minimum atomic E-state index is -3.43. The molecule has 17 heavy (non-hydrogen) atoms. The first-order chi connectivity index (χ1) is 8.05. The van der Waals surface area contributed by atoms with E-state index >= 15 is 0 Å². The lowest BCUT2D eigenvalue weighted by atomic mass is 10.3. The normalized spacial score (nSPS) is 18.9. The van der Waals surface area contributed by atoms with E-state index in [9.17, 15) is 8.42 Å². The maximum absolute atomic E-state index is 12.4. The van der Waals surface area contributed by atoms with Gasteiger partial charge < -0.3 is 5.32 Å². The van der Waals surface area contributed by atoms with Crippen LogP contribution in [0, 0.1) is 0 Å². The van der Waals surface area contributed by atoms with Crippen LogP contribution >= 0.6 is 15.9 Å². The molecule has 92 valence electrons. The monoisotopic (exact) mass is 316 g/mol. The van der Waals surface area contributed by atoms with Gasteiger partial charge in [-0.2, -0.15) is 4.31 Å². The summed E-state index contributed by atoms with van der Waals surface area (Å²) in [7, 11) is -3.43. The molecule has 1 N–H and O–H groups in total. The summed E-state index contributed by atoms with van der Waals surface area (Å²) in [4.78, 5) is 0.311. The molecule has 1 heterocycles. The number of halogens is 1. The third-order valence-electron chi connectivity index (χ3n) is 2.57. The Morgan fingerprint density at radius 2 is 2.29 bits per heavy atom. The lowest BCUT2D eigenvalue weighted by Crippen LogP contribution is -2.32. The summed E-state index contributed by atoms with van der Waals surface area (Å²) in [6.07, 6.45) is 1.60. The second-order valence-electron chi connectivity index (χ2n) is 3.72. The zero-order valence-corrected chi connectivity index (χ0v) is 11.6. The zero-order chi connectivity index (χ0) is 12.5. The van der Waals surface area contributed by atoms with Gasteiger partial charge in [0, 0.05) is 24.1 Å². The van der Waals surface area contributed by atoms with E-state index in [1.165, 1.54) is 4.31 Å². The number of fused-ring (bicyclic) bond motifs is 1. The smallest absolute Gasteiger partial charge is 0.245 e. The minimum absolute atomic E-state index is 0.311. The maximum atomic E-state index is 12.4. The van der Waals surface area contributed by atoms with Gasteiger partial charge >= 0.3 is 0 Å². The number of sulfonamides is 1. The first-order valence-corrected chi connectivity index (χ1v) is 7.43. The molecular formula is C11H13BrN2O2S. The molecule has 4 nitrogen and oxygen atoms in total. The van der Waals surface area contributed by atoms with Crippen LogP contribution < -0.4 is 5.32 Å². The summed E-state index contributed by atoms with van der Waals surface area (Å²) in [5.74, 6) is 0. The van der Waals surface area contributed by atoms with E-state index in [1.54, 1.807) is 18.2 Å². The minimum Gasteiger partial charge on any atom is -0.383 e. The van der Waals surface area contributed by atoms with Gasteiger partial charge in [-0.15, -0.1) is 6.58 Å². The molecule has 0 spiro atoms. The van der Waals surface area contributed by atoms with Crippen LogP contribution in [0.2, 0.25) is 0 Å². The summed E-state index contributed by atoms with van der Waals surface area (Å²) in [6.45, 7) is 4.96. The Bertz CT molecular complexity index is 542. The van der Waals surface area contributed by atoms with E-state index in [-0.39, 0.29) is 0 Å². The largest absolute Gasteiger partial charge is 0.383 e. The van der Waals surface area contributed by atoms with Crippen molar-refractivity contribution in [2.24, 2.45) is 0 Å². The van der Waals surface area contributed by atoms with Crippen LogP contribution in [0.3, 0.4) is 0 Å². The van der Waals surface area contributed by atoms with E-state index < -0.39 is 10.0 Å². The molecule has 0 unspecified atom stereocenters. The Morgan fingerprint density at radius 1 is 1.53 bits per heavy atom. The Balaban J connectivity index is 2.56. The highest BCUT2D eigenvalue weighted by Crippen LogP contribution is 2.29. The molecule has 2 rings (SSSR count). The molecule has 1 aromatic carbocycles. The molecule has 0 saturated heterocycles. The first kappa shape index (κ1) is 12.6. The second-order valence-corrected chi connectivity index (χ2v) is 6.54. The van der Waals surface area contributed by atoms with Crippen molar-refractivity contribution in [2.75, 3.05) is 25.0 Å². The van der Waals surface area contributed by atoms with Gasteiger partial charge in [-0.3, -0.25) is 0 Å². The molecule has 0 aromatic heterocycles. The van der Waals surface area contributed by atoms with Crippen molar-refractivity contribution in [3.05, 3.63) is 35.3 Å². The molecule has 0 atom stereocenters. The standard InChI is InChI=1S/C11H13BrN2O2S/c1-2-6-14-7-5-13-10-4-3-9(12)8-11(10)17(14,15)16/h2-4,8,13H,1,5-7H2. The number of anilines is 1.